The Hall–Kier alpha value is -0.410. The van der Waals surface area contributed by atoms with Gasteiger partial charge in [0.25, 0.3) is 0 Å². The van der Waals surface area contributed by atoms with Gasteiger partial charge < -0.3 is 9.88 Å². The van der Waals surface area contributed by atoms with Crippen LogP contribution in [0.1, 0.15) is 25.3 Å². The van der Waals surface area contributed by atoms with Crippen molar-refractivity contribution in [3.63, 3.8) is 0 Å². The Morgan fingerprint density at radius 2 is 2.53 bits per heavy atom. The highest BCUT2D eigenvalue weighted by Crippen LogP contribution is 2.25. The zero-order chi connectivity index (χ0) is 10.5. The van der Waals surface area contributed by atoms with Crippen molar-refractivity contribution in [3.8, 4) is 0 Å². The fraction of sp³-hybridized carbons (Fsp3) is 0.667. The van der Waals surface area contributed by atoms with E-state index in [0.717, 1.165) is 18.3 Å². The first-order chi connectivity index (χ1) is 7.38. The topological polar surface area (TPSA) is 17.0 Å². The predicted octanol–water partition coefficient (Wildman–Crippen LogP) is 2.49. The van der Waals surface area contributed by atoms with Crippen molar-refractivity contribution in [1.82, 2.24) is 9.88 Å². The number of nitrogens with one attached hydrogen (secondary N) is 1. The third-order valence-corrected chi connectivity index (χ3v) is 4.30. The van der Waals surface area contributed by atoms with E-state index in [1.165, 1.54) is 30.7 Å². The molecule has 1 aromatic rings. The number of thioether (sulfide) groups is 1. The third-order valence-electron chi connectivity index (χ3n) is 2.90. The monoisotopic (exact) mass is 224 g/mol. The highest BCUT2D eigenvalue weighted by atomic mass is 32.2. The van der Waals surface area contributed by atoms with Crippen LogP contribution in [0.25, 0.3) is 0 Å². The van der Waals surface area contributed by atoms with Crippen molar-refractivity contribution in [2.24, 2.45) is 0 Å². The number of rotatable bonds is 5. The number of hydrogen-bond acceptors (Lipinski definition) is 2. The molecule has 1 unspecified atom stereocenters. The first-order valence-electron chi connectivity index (χ1n) is 5.85. The molecular formula is C12H20N2S. The molecule has 1 aliphatic heterocycles. The summed E-state index contributed by atoms with van der Waals surface area (Å²) < 4.78 is 2.22. The number of nitrogens with zero attached hydrogens (tertiary/aromatic N) is 1. The van der Waals surface area contributed by atoms with Crippen LogP contribution in [0.2, 0.25) is 0 Å². The van der Waals surface area contributed by atoms with Crippen LogP contribution in [0.3, 0.4) is 0 Å². The highest BCUT2D eigenvalue weighted by Gasteiger charge is 2.14. The average molecular weight is 224 g/mol. The van der Waals surface area contributed by atoms with E-state index in [-0.39, 0.29) is 0 Å². The van der Waals surface area contributed by atoms with Crippen LogP contribution >= 0.6 is 11.8 Å². The lowest BCUT2D eigenvalue weighted by molar-refractivity contribution is 0.644. The minimum atomic E-state index is 0.860. The van der Waals surface area contributed by atoms with Gasteiger partial charge in [0, 0.05) is 37.3 Å². The molecule has 1 fully saturated rings. The summed E-state index contributed by atoms with van der Waals surface area (Å²) in [5.74, 6) is 1.36. The lowest BCUT2D eigenvalue weighted by atomic mass is 10.2. The summed E-state index contributed by atoms with van der Waals surface area (Å²) in [6, 6.07) is 2.21. The van der Waals surface area contributed by atoms with E-state index in [1.54, 1.807) is 0 Å². The molecule has 1 aromatic heterocycles. The molecule has 0 spiro atoms. The Labute approximate surface area is 96.4 Å². The van der Waals surface area contributed by atoms with Gasteiger partial charge in [-0.15, -0.1) is 0 Å². The molecule has 15 heavy (non-hydrogen) atoms. The van der Waals surface area contributed by atoms with Crippen LogP contribution in [0.5, 0.6) is 0 Å². The predicted molar refractivity (Wildman–Crippen MR) is 67.3 cm³/mol. The summed E-state index contributed by atoms with van der Waals surface area (Å²) in [6.45, 7) is 5.43. The zero-order valence-corrected chi connectivity index (χ0v) is 10.2. The molecule has 0 aliphatic carbocycles. The van der Waals surface area contributed by atoms with E-state index in [4.69, 9.17) is 0 Å². The summed E-state index contributed by atoms with van der Waals surface area (Å²) in [4.78, 5) is 0. The van der Waals surface area contributed by atoms with Gasteiger partial charge in [-0.3, -0.25) is 0 Å². The quantitative estimate of drug-likeness (QED) is 0.827. The van der Waals surface area contributed by atoms with Crippen LogP contribution in [0.15, 0.2) is 18.5 Å². The second-order valence-electron chi connectivity index (χ2n) is 4.12. The minimum absolute atomic E-state index is 0.860. The largest absolute Gasteiger partial charge is 0.354 e. The Balaban J connectivity index is 1.68. The van der Waals surface area contributed by atoms with Crippen LogP contribution in [-0.2, 0) is 13.1 Å². The highest BCUT2D eigenvalue weighted by molar-refractivity contribution is 8.00. The van der Waals surface area contributed by atoms with Gasteiger partial charge in [0.15, 0.2) is 0 Å². The van der Waals surface area contributed by atoms with Gasteiger partial charge in [0.05, 0.1) is 0 Å². The maximum atomic E-state index is 3.55. The van der Waals surface area contributed by atoms with Crippen LogP contribution in [0.4, 0.5) is 0 Å². The molecule has 2 heterocycles. The van der Waals surface area contributed by atoms with Gasteiger partial charge >= 0.3 is 0 Å². The van der Waals surface area contributed by atoms with Gasteiger partial charge in [-0.05, 0) is 37.1 Å². The summed E-state index contributed by atoms with van der Waals surface area (Å²) in [7, 11) is 0. The van der Waals surface area contributed by atoms with Gasteiger partial charge in [-0.25, -0.2) is 0 Å². The summed E-state index contributed by atoms with van der Waals surface area (Å²) in [5, 5.41) is 4.41. The molecule has 3 heteroatoms. The first-order valence-corrected chi connectivity index (χ1v) is 6.90. The van der Waals surface area contributed by atoms with Gasteiger partial charge in [-0.2, -0.15) is 11.8 Å². The summed E-state index contributed by atoms with van der Waals surface area (Å²) >= 11 is 2.12. The maximum Gasteiger partial charge on any atom is 0.0220 e. The van der Waals surface area contributed by atoms with E-state index in [2.05, 4.69) is 47.0 Å². The van der Waals surface area contributed by atoms with E-state index >= 15 is 0 Å². The molecule has 2 rings (SSSR count). The molecule has 0 bridgehead atoms. The SMILES string of the molecule is CCn1ccc(CNCC2CCCS2)c1. The third kappa shape index (κ3) is 3.28. The first kappa shape index (κ1) is 11.1. The smallest absolute Gasteiger partial charge is 0.0220 e. The molecule has 2 nitrogen and oxygen atoms in total. The van der Waals surface area contributed by atoms with Gasteiger partial charge in [0.1, 0.15) is 0 Å². The number of aromatic nitrogens is 1. The van der Waals surface area contributed by atoms with E-state index in [9.17, 15) is 0 Å². The van der Waals surface area contributed by atoms with Crippen molar-refractivity contribution in [1.29, 1.82) is 0 Å². The van der Waals surface area contributed by atoms with Crippen molar-refractivity contribution in [2.45, 2.75) is 38.1 Å². The summed E-state index contributed by atoms with van der Waals surface area (Å²) in [5.41, 5.74) is 1.40. The Kier molecular flexibility index (Phi) is 4.15. The molecule has 1 atom stereocenters. The normalized spacial score (nSPS) is 21.0. The van der Waals surface area contributed by atoms with E-state index in [1.807, 2.05) is 0 Å². The molecule has 1 N–H and O–H groups in total. The molecule has 0 saturated carbocycles. The minimum Gasteiger partial charge on any atom is -0.354 e. The van der Waals surface area contributed by atoms with E-state index in [0.29, 0.717) is 0 Å². The van der Waals surface area contributed by atoms with Crippen molar-refractivity contribution < 1.29 is 0 Å². The molecule has 1 saturated heterocycles. The average Bonchev–Trinajstić information content (AvgIpc) is 2.88. The standard InChI is InChI=1S/C12H20N2S/c1-2-14-6-5-11(10-14)8-13-9-12-4-3-7-15-12/h5-6,10,12-13H,2-4,7-9H2,1H3. The molecule has 0 radical (unpaired) electrons. The Bertz CT molecular complexity index is 290. The number of aryl methyl sites for hydroxylation is 1. The molecule has 0 amide bonds. The lowest BCUT2D eigenvalue weighted by Gasteiger charge is -2.08. The lowest BCUT2D eigenvalue weighted by Crippen LogP contribution is -2.22. The van der Waals surface area contributed by atoms with Gasteiger partial charge in [-0.1, -0.05) is 0 Å². The molecule has 0 aromatic carbocycles. The van der Waals surface area contributed by atoms with Crippen molar-refractivity contribution >= 4 is 11.8 Å². The molecule has 84 valence electrons. The van der Waals surface area contributed by atoms with Crippen LogP contribution < -0.4 is 5.32 Å². The Morgan fingerprint density at radius 3 is 3.20 bits per heavy atom. The van der Waals surface area contributed by atoms with Crippen LogP contribution in [0, 0.1) is 0 Å². The second kappa shape index (κ2) is 5.61. The maximum absolute atomic E-state index is 3.55. The van der Waals surface area contributed by atoms with E-state index < -0.39 is 0 Å². The second-order valence-corrected chi connectivity index (χ2v) is 5.52. The Morgan fingerprint density at radius 1 is 1.60 bits per heavy atom. The summed E-state index contributed by atoms with van der Waals surface area (Å²) in [6.07, 6.45) is 7.19. The number of hydrogen-bond donors (Lipinski definition) is 1. The molecular weight excluding hydrogens is 204 g/mol. The fourth-order valence-corrected chi connectivity index (χ4v) is 3.21. The van der Waals surface area contributed by atoms with Crippen LogP contribution in [-0.4, -0.2) is 22.1 Å². The zero-order valence-electron chi connectivity index (χ0n) is 9.41. The van der Waals surface area contributed by atoms with Gasteiger partial charge in [0.2, 0.25) is 0 Å². The van der Waals surface area contributed by atoms with Crippen molar-refractivity contribution in [3.05, 3.63) is 24.0 Å². The molecule has 1 aliphatic rings. The van der Waals surface area contributed by atoms with Crippen molar-refractivity contribution in [2.75, 3.05) is 12.3 Å². The fourth-order valence-electron chi connectivity index (χ4n) is 1.97.